The van der Waals surface area contributed by atoms with Crippen LogP contribution in [0.1, 0.15) is 36.8 Å². The zero-order valence-corrected chi connectivity index (χ0v) is 14.5. The standard InChI is InChI=1S/C20H24N4O/c25-19-5-6-20(24(19)16-18-4-2-10-22-14-18)7-11-23(12-8-20)15-17-3-1-9-21-13-17/h1-4,9-10,13-14H,5-8,11-12,15-16H2. The number of carbonyl (C=O) groups is 1. The monoisotopic (exact) mass is 336 g/mol. The van der Waals surface area contributed by atoms with E-state index in [9.17, 15) is 4.79 Å². The fraction of sp³-hybridized carbons (Fsp3) is 0.450. The van der Waals surface area contributed by atoms with Crippen molar-refractivity contribution in [2.45, 2.75) is 44.3 Å². The van der Waals surface area contributed by atoms with E-state index in [1.807, 2.05) is 30.7 Å². The molecule has 0 aromatic carbocycles. The highest BCUT2D eigenvalue weighted by Crippen LogP contribution is 2.40. The Morgan fingerprint density at radius 3 is 2.16 bits per heavy atom. The second kappa shape index (κ2) is 6.92. The molecule has 4 heterocycles. The van der Waals surface area contributed by atoms with Gasteiger partial charge in [0, 0.05) is 62.9 Å². The van der Waals surface area contributed by atoms with Gasteiger partial charge in [-0.15, -0.1) is 0 Å². The molecule has 0 bridgehead atoms. The van der Waals surface area contributed by atoms with Crippen molar-refractivity contribution in [2.24, 2.45) is 0 Å². The van der Waals surface area contributed by atoms with Crippen LogP contribution < -0.4 is 0 Å². The summed E-state index contributed by atoms with van der Waals surface area (Å²) in [5.41, 5.74) is 2.42. The fourth-order valence-corrected chi connectivity index (χ4v) is 4.20. The molecule has 2 aliphatic heterocycles. The first-order valence-corrected chi connectivity index (χ1v) is 9.06. The number of nitrogens with zero attached hydrogens (tertiary/aromatic N) is 4. The molecule has 0 radical (unpaired) electrons. The molecule has 4 rings (SSSR count). The van der Waals surface area contributed by atoms with Crippen LogP contribution in [0.4, 0.5) is 0 Å². The predicted octanol–water partition coefficient (Wildman–Crippen LogP) is 2.63. The number of pyridine rings is 2. The Labute approximate surface area is 148 Å². The number of amides is 1. The van der Waals surface area contributed by atoms with Gasteiger partial charge < -0.3 is 4.90 Å². The molecule has 1 spiro atoms. The molecular weight excluding hydrogens is 312 g/mol. The van der Waals surface area contributed by atoms with Crippen LogP contribution in [0.2, 0.25) is 0 Å². The maximum absolute atomic E-state index is 12.5. The molecule has 0 unspecified atom stereocenters. The van der Waals surface area contributed by atoms with Crippen molar-refractivity contribution in [1.29, 1.82) is 0 Å². The lowest BCUT2D eigenvalue weighted by atomic mass is 9.84. The van der Waals surface area contributed by atoms with Crippen LogP contribution in [-0.2, 0) is 17.9 Å². The molecule has 130 valence electrons. The molecule has 5 heteroatoms. The lowest BCUT2D eigenvalue weighted by Gasteiger charge is -2.45. The van der Waals surface area contributed by atoms with Crippen LogP contribution in [0.25, 0.3) is 0 Å². The molecule has 5 nitrogen and oxygen atoms in total. The SMILES string of the molecule is O=C1CCC2(CCN(Cc3cccnc3)CC2)N1Cc1cccnc1. The summed E-state index contributed by atoms with van der Waals surface area (Å²) in [7, 11) is 0. The molecule has 2 aliphatic rings. The van der Waals surface area contributed by atoms with Crippen molar-refractivity contribution in [1.82, 2.24) is 19.8 Å². The number of aromatic nitrogens is 2. The second-order valence-electron chi connectivity index (χ2n) is 7.20. The van der Waals surface area contributed by atoms with Gasteiger partial charge in [-0.2, -0.15) is 0 Å². The van der Waals surface area contributed by atoms with Gasteiger partial charge in [0.05, 0.1) is 0 Å². The number of likely N-dealkylation sites (tertiary alicyclic amines) is 2. The summed E-state index contributed by atoms with van der Waals surface area (Å²) in [6, 6.07) is 8.13. The smallest absolute Gasteiger partial charge is 0.223 e. The molecule has 0 saturated carbocycles. The van der Waals surface area contributed by atoms with Gasteiger partial charge in [0.2, 0.25) is 5.91 Å². The minimum Gasteiger partial charge on any atom is -0.333 e. The van der Waals surface area contributed by atoms with Crippen LogP contribution >= 0.6 is 0 Å². The third-order valence-corrected chi connectivity index (χ3v) is 5.66. The lowest BCUT2D eigenvalue weighted by molar-refractivity contribution is -0.133. The highest BCUT2D eigenvalue weighted by Gasteiger charge is 2.46. The van der Waals surface area contributed by atoms with Gasteiger partial charge in [0.15, 0.2) is 0 Å². The maximum Gasteiger partial charge on any atom is 0.223 e. The van der Waals surface area contributed by atoms with Crippen molar-refractivity contribution in [2.75, 3.05) is 13.1 Å². The van der Waals surface area contributed by atoms with Crippen molar-refractivity contribution < 1.29 is 4.79 Å². The molecule has 0 N–H and O–H groups in total. The number of hydrogen-bond donors (Lipinski definition) is 0. The Kier molecular flexibility index (Phi) is 4.49. The Balaban J connectivity index is 1.42. The normalized spacial score (nSPS) is 20.3. The molecular formula is C20H24N4O. The largest absolute Gasteiger partial charge is 0.333 e. The van der Waals surface area contributed by atoms with Crippen molar-refractivity contribution in [3.05, 3.63) is 60.2 Å². The Hall–Kier alpha value is -2.27. The molecule has 0 atom stereocenters. The summed E-state index contributed by atoms with van der Waals surface area (Å²) in [6.45, 7) is 3.70. The first-order chi connectivity index (χ1) is 12.3. The summed E-state index contributed by atoms with van der Waals surface area (Å²) in [4.78, 5) is 25.5. The van der Waals surface area contributed by atoms with E-state index in [1.54, 1.807) is 6.20 Å². The minimum atomic E-state index is 0.0400. The van der Waals surface area contributed by atoms with E-state index in [-0.39, 0.29) is 5.54 Å². The third kappa shape index (κ3) is 3.42. The van der Waals surface area contributed by atoms with E-state index < -0.39 is 0 Å². The molecule has 2 fully saturated rings. The topological polar surface area (TPSA) is 49.3 Å². The van der Waals surface area contributed by atoms with E-state index in [0.29, 0.717) is 18.9 Å². The van der Waals surface area contributed by atoms with E-state index in [4.69, 9.17) is 0 Å². The summed E-state index contributed by atoms with van der Waals surface area (Å²) in [5, 5.41) is 0. The maximum atomic E-state index is 12.5. The highest BCUT2D eigenvalue weighted by atomic mass is 16.2. The van der Waals surface area contributed by atoms with E-state index >= 15 is 0 Å². The zero-order valence-electron chi connectivity index (χ0n) is 14.5. The average Bonchev–Trinajstić information content (AvgIpc) is 2.95. The van der Waals surface area contributed by atoms with Crippen LogP contribution in [0, 0.1) is 0 Å². The first-order valence-electron chi connectivity index (χ1n) is 9.06. The zero-order chi connectivity index (χ0) is 17.1. The van der Waals surface area contributed by atoms with Crippen molar-refractivity contribution in [3.63, 3.8) is 0 Å². The number of hydrogen-bond acceptors (Lipinski definition) is 4. The van der Waals surface area contributed by atoms with Crippen LogP contribution in [-0.4, -0.2) is 44.3 Å². The molecule has 0 aliphatic carbocycles. The van der Waals surface area contributed by atoms with Gasteiger partial charge in [0.1, 0.15) is 0 Å². The van der Waals surface area contributed by atoms with Gasteiger partial charge in [-0.3, -0.25) is 19.7 Å². The molecule has 2 aromatic heterocycles. The summed E-state index contributed by atoms with van der Waals surface area (Å²) < 4.78 is 0. The van der Waals surface area contributed by atoms with Gasteiger partial charge in [-0.1, -0.05) is 12.1 Å². The summed E-state index contributed by atoms with van der Waals surface area (Å²) in [6.07, 6.45) is 11.2. The van der Waals surface area contributed by atoms with Crippen molar-refractivity contribution >= 4 is 5.91 Å². The van der Waals surface area contributed by atoms with Gasteiger partial charge in [0.25, 0.3) is 0 Å². The van der Waals surface area contributed by atoms with E-state index in [1.165, 1.54) is 5.56 Å². The number of rotatable bonds is 4. The Bertz CT molecular complexity index is 711. The Morgan fingerprint density at radius 2 is 1.56 bits per heavy atom. The molecule has 25 heavy (non-hydrogen) atoms. The first kappa shape index (κ1) is 16.2. The summed E-state index contributed by atoms with van der Waals surface area (Å²) in [5.74, 6) is 0.296. The quantitative estimate of drug-likeness (QED) is 0.861. The minimum absolute atomic E-state index is 0.0400. The molecule has 1 amide bonds. The third-order valence-electron chi connectivity index (χ3n) is 5.66. The van der Waals surface area contributed by atoms with E-state index in [0.717, 1.165) is 44.5 Å². The van der Waals surface area contributed by atoms with Crippen molar-refractivity contribution in [3.8, 4) is 0 Å². The summed E-state index contributed by atoms with van der Waals surface area (Å²) >= 11 is 0. The highest BCUT2D eigenvalue weighted by molar-refractivity contribution is 5.79. The molecule has 2 saturated heterocycles. The van der Waals surface area contributed by atoms with Gasteiger partial charge in [-0.25, -0.2) is 0 Å². The van der Waals surface area contributed by atoms with Crippen LogP contribution in [0.3, 0.4) is 0 Å². The molecule has 2 aromatic rings. The van der Waals surface area contributed by atoms with Gasteiger partial charge in [-0.05, 0) is 42.5 Å². The average molecular weight is 336 g/mol. The van der Waals surface area contributed by atoms with Crippen LogP contribution in [0.15, 0.2) is 49.1 Å². The Morgan fingerprint density at radius 1 is 0.920 bits per heavy atom. The fourth-order valence-electron chi connectivity index (χ4n) is 4.20. The van der Waals surface area contributed by atoms with E-state index in [2.05, 4.69) is 31.9 Å². The predicted molar refractivity (Wildman–Crippen MR) is 95.5 cm³/mol. The lowest BCUT2D eigenvalue weighted by Crippen LogP contribution is -2.52. The van der Waals surface area contributed by atoms with Crippen LogP contribution in [0.5, 0.6) is 0 Å². The second-order valence-corrected chi connectivity index (χ2v) is 7.20. The number of piperidine rings is 1. The number of carbonyl (C=O) groups excluding carboxylic acids is 1. The van der Waals surface area contributed by atoms with Gasteiger partial charge >= 0.3 is 0 Å².